The van der Waals surface area contributed by atoms with Crippen LogP contribution in [0.4, 0.5) is 0 Å². The molecule has 0 unspecified atom stereocenters. The number of hydrogen-bond donors (Lipinski definition) is 0. The molecule has 28 heavy (non-hydrogen) atoms. The summed E-state index contributed by atoms with van der Waals surface area (Å²) in [5.41, 5.74) is 4.04. The SMILES string of the molecule is O=C(CCC(=O)c1ccc2c(c1)CCC2)OCc1nnc(-c2ccccc2)o1. The summed E-state index contributed by atoms with van der Waals surface area (Å²) < 4.78 is 10.6. The van der Waals surface area contributed by atoms with Crippen LogP contribution in [-0.4, -0.2) is 21.9 Å². The lowest BCUT2D eigenvalue weighted by Gasteiger charge is -2.05. The largest absolute Gasteiger partial charge is 0.456 e. The third kappa shape index (κ3) is 4.17. The Morgan fingerprint density at radius 2 is 1.79 bits per heavy atom. The second-order valence-electron chi connectivity index (χ2n) is 6.79. The summed E-state index contributed by atoms with van der Waals surface area (Å²) in [6.07, 6.45) is 3.39. The molecule has 4 rings (SSSR count). The van der Waals surface area contributed by atoms with Crippen LogP contribution >= 0.6 is 0 Å². The first kappa shape index (κ1) is 18.1. The molecule has 0 saturated carbocycles. The number of aromatic nitrogens is 2. The Morgan fingerprint density at radius 1 is 0.964 bits per heavy atom. The Balaban J connectivity index is 1.26. The van der Waals surface area contributed by atoms with Gasteiger partial charge in [0, 0.05) is 17.5 Å². The number of esters is 1. The fraction of sp³-hybridized carbons (Fsp3) is 0.273. The first-order chi connectivity index (χ1) is 13.7. The predicted molar refractivity (Wildman–Crippen MR) is 102 cm³/mol. The van der Waals surface area contributed by atoms with Crippen molar-refractivity contribution in [2.45, 2.75) is 38.7 Å². The van der Waals surface area contributed by atoms with E-state index in [0.717, 1.165) is 24.8 Å². The normalized spacial score (nSPS) is 12.6. The molecule has 1 heterocycles. The molecule has 0 aliphatic heterocycles. The zero-order valence-electron chi connectivity index (χ0n) is 15.4. The fourth-order valence-corrected chi connectivity index (χ4v) is 3.33. The number of ether oxygens (including phenoxy) is 1. The molecule has 1 aromatic heterocycles. The number of hydrogen-bond acceptors (Lipinski definition) is 6. The molecular formula is C22H20N2O4. The number of rotatable bonds is 7. The number of nitrogens with zero attached hydrogens (tertiary/aromatic N) is 2. The first-order valence-corrected chi connectivity index (χ1v) is 9.37. The number of carbonyl (C=O) groups is 2. The number of carbonyl (C=O) groups excluding carboxylic acids is 2. The average molecular weight is 376 g/mol. The maximum Gasteiger partial charge on any atom is 0.306 e. The van der Waals surface area contributed by atoms with Crippen LogP contribution in [0.2, 0.25) is 0 Å². The van der Waals surface area contributed by atoms with Gasteiger partial charge < -0.3 is 9.15 Å². The first-order valence-electron chi connectivity index (χ1n) is 9.37. The number of aryl methyl sites for hydroxylation is 2. The molecule has 1 aliphatic rings. The van der Waals surface area contributed by atoms with Crippen molar-refractivity contribution in [1.82, 2.24) is 10.2 Å². The van der Waals surface area contributed by atoms with Gasteiger partial charge in [0.1, 0.15) is 0 Å². The quantitative estimate of drug-likeness (QED) is 0.459. The number of ketones is 1. The highest BCUT2D eigenvalue weighted by molar-refractivity contribution is 5.97. The van der Waals surface area contributed by atoms with Crippen LogP contribution < -0.4 is 0 Å². The van der Waals surface area contributed by atoms with E-state index >= 15 is 0 Å². The van der Waals surface area contributed by atoms with Crippen LogP contribution in [0.5, 0.6) is 0 Å². The van der Waals surface area contributed by atoms with E-state index in [4.69, 9.17) is 9.15 Å². The van der Waals surface area contributed by atoms with Crippen molar-refractivity contribution in [1.29, 1.82) is 0 Å². The van der Waals surface area contributed by atoms with E-state index in [1.54, 1.807) is 0 Å². The van der Waals surface area contributed by atoms with Crippen LogP contribution in [0, 0.1) is 0 Å². The summed E-state index contributed by atoms with van der Waals surface area (Å²) in [5.74, 6) is 0.0837. The summed E-state index contributed by atoms with van der Waals surface area (Å²) >= 11 is 0. The summed E-state index contributed by atoms with van der Waals surface area (Å²) in [5, 5.41) is 7.82. The van der Waals surface area contributed by atoms with Gasteiger partial charge in [-0.2, -0.15) is 0 Å². The lowest BCUT2D eigenvalue weighted by Crippen LogP contribution is -2.08. The van der Waals surface area contributed by atoms with Gasteiger partial charge in [0.05, 0.1) is 6.42 Å². The van der Waals surface area contributed by atoms with E-state index in [2.05, 4.69) is 10.2 Å². The van der Waals surface area contributed by atoms with Gasteiger partial charge in [0.15, 0.2) is 12.4 Å². The van der Waals surface area contributed by atoms with Crippen molar-refractivity contribution >= 4 is 11.8 Å². The molecular weight excluding hydrogens is 356 g/mol. The van der Waals surface area contributed by atoms with E-state index in [1.165, 1.54) is 11.1 Å². The Hall–Kier alpha value is -3.28. The Morgan fingerprint density at radius 3 is 2.64 bits per heavy atom. The maximum absolute atomic E-state index is 12.3. The minimum absolute atomic E-state index is 0.0234. The molecule has 0 amide bonds. The van der Waals surface area contributed by atoms with Gasteiger partial charge in [0.2, 0.25) is 5.89 Å². The Kier molecular flexibility index (Phi) is 5.28. The molecule has 142 valence electrons. The summed E-state index contributed by atoms with van der Waals surface area (Å²) in [6.45, 7) is -0.105. The summed E-state index contributed by atoms with van der Waals surface area (Å²) in [4.78, 5) is 24.3. The molecule has 0 bridgehead atoms. The Bertz CT molecular complexity index is 995. The van der Waals surface area contributed by atoms with Gasteiger partial charge >= 0.3 is 5.97 Å². The lowest BCUT2D eigenvalue weighted by atomic mass is 10.0. The number of benzene rings is 2. The van der Waals surface area contributed by atoms with Gasteiger partial charge in [-0.25, -0.2) is 0 Å². The lowest BCUT2D eigenvalue weighted by molar-refractivity contribution is -0.145. The molecule has 1 aliphatic carbocycles. The van der Waals surface area contributed by atoms with Crippen LogP contribution in [0.25, 0.3) is 11.5 Å². The molecule has 2 aromatic carbocycles. The molecule has 0 N–H and O–H groups in total. The Labute approximate surface area is 162 Å². The van der Waals surface area contributed by atoms with Crippen LogP contribution in [0.1, 0.15) is 46.6 Å². The molecule has 0 atom stereocenters. The van der Waals surface area contributed by atoms with Gasteiger partial charge in [-0.1, -0.05) is 30.3 Å². The molecule has 3 aromatic rings. The minimum atomic E-state index is -0.464. The van der Waals surface area contributed by atoms with Gasteiger partial charge in [-0.3, -0.25) is 9.59 Å². The third-order valence-corrected chi connectivity index (χ3v) is 4.82. The standard InChI is InChI=1S/C22H20N2O4/c25-19(18-10-9-15-7-4-8-17(15)13-18)11-12-21(26)27-14-20-23-24-22(28-20)16-5-2-1-3-6-16/h1-3,5-6,9-10,13H,4,7-8,11-12,14H2. The monoisotopic (exact) mass is 376 g/mol. The van der Waals surface area contributed by atoms with Crippen molar-refractivity contribution in [2.75, 3.05) is 0 Å². The van der Waals surface area contributed by atoms with Gasteiger partial charge in [0.25, 0.3) is 5.89 Å². The van der Waals surface area contributed by atoms with Crippen molar-refractivity contribution < 1.29 is 18.7 Å². The van der Waals surface area contributed by atoms with Gasteiger partial charge in [-0.15, -0.1) is 10.2 Å². The molecule has 6 heteroatoms. The van der Waals surface area contributed by atoms with E-state index < -0.39 is 5.97 Å². The van der Waals surface area contributed by atoms with Crippen LogP contribution in [0.15, 0.2) is 52.9 Å². The van der Waals surface area contributed by atoms with Crippen molar-refractivity contribution in [2.24, 2.45) is 0 Å². The second-order valence-corrected chi connectivity index (χ2v) is 6.79. The van der Waals surface area contributed by atoms with Crippen molar-refractivity contribution in [3.63, 3.8) is 0 Å². The summed E-state index contributed by atoms with van der Waals surface area (Å²) in [6, 6.07) is 15.2. The van der Waals surface area contributed by atoms with Crippen LogP contribution in [-0.2, 0) is 29.0 Å². The number of fused-ring (bicyclic) bond motifs is 1. The van der Waals surface area contributed by atoms with Gasteiger partial charge in [-0.05, 0) is 48.6 Å². The maximum atomic E-state index is 12.3. The van der Waals surface area contributed by atoms with Crippen molar-refractivity contribution in [3.8, 4) is 11.5 Å². The third-order valence-electron chi connectivity index (χ3n) is 4.82. The highest BCUT2D eigenvalue weighted by Crippen LogP contribution is 2.23. The zero-order valence-corrected chi connectivity index (χ0v) is 15.4. The van der Waals surface area contributed by atoms with Crippen molar-refractivity contribution in [3.05, 3.63) is 71.1 Å². The summed E-state index contributed by atoms with van der Waals surface area (Å²) in [7, 11) is 0. The van der Waals surface area contributed by atoms with E-state index in [1.807, 2.05) is 48.5 Å². The van der Waals surface area contributed by atoms with E-state index in [9.17, 15) is 9.59 Å². The molecule has 0 fully saturated rings. The highest BCUT2D eigenvalue weighted by Gasteiger charge is 2.16. The number of Topliss-reactive ketones (excluding diaryl/α,β-unsaturated/α-hetero) is 1. The highest BCUT2D eigenvalue weighted by atomic mass is 16.5. The zero-order chi connectivity index (χ0) is 19.3. The fourth-order valence-electron chi connectivity index (χ4n) is 3.33. The molecule has 0 saturated heterocycles. The van der Waals surface area contributed by atoms with E-state index in [0.29, 0.717) is 11.5 Å². The van der Waals surface area contributed by atoms with E-state index in [-0.39, 0.29) is 31.1 Å². The smallest absolute Gasteiger partial charge is 0.306 e. The molecule has 0 spiro atoms. The topological polar surface area (TPSA) is 82.3 Å². The molecule has 6 nitrogen and oxygen atoms in total. The van der Waals surface area contributed by atoms with Crippen LogP contribution in [0.3, 0.4) is 0 Å². The minimum Gasteiger partial charge on any atom is -0.456 e. The molecule has 0 radical (unpaired) electrons. The second kappa shape index (κ2) is 8.17. The predicted octanol–water partition coefficient (Wildman–Crippen LogP) is 3.93. The average Bonchev–Trinajstić information content (AvgIpc) is 3.40.